The fourth-order valence-corrected chi connectivity index (χ4v) is 4.24. The van der Waals surface area contributed by atoms with Gasteiger partial charge in [-0.1, -0.05) is 13.8 Å². The van der Waals surface area contributed by atoms with Crippen LogP contribution in [-0.2, 0) is 6.42 Å². The number of likely N-dealkylation sites (tertiary alicyclic amines) is 1. The lowest BCUT2D eigenvalue weighted by Gasteiger charge is -2.17. The summed E-state index contributed by atoms with van der Waals surface area (Å²) in [6, 6.07) is 0. The van der Waals surface area contributed by atoms with Crippen molar-refractivity contribution in [3.05, 3.63) is 15.6 Å². The van der Waals surface area contributed by atoms with Crippen molar-refractivity contribution in [3.8, 4) is 0 Å². The molecule has 3 rings (SSSR count). The Morgan fingerprint density at radius 2 is 2.05 bits per heavy atom. The average molecular weight is 293 g/mol. The first kappa shape index (κ1) is 14.0. The smallest absolute Gasteiger partial charge is 0.265 e. The van der Waals surface area contributed by atoms with E-state index in [-0.39, 0.29) is 5.91 Å². The molecular weight excluding hydrogens is 270 g/mol. The standard InChI is InChI=1S/C15H23N3OS/c1-9(2)4-13-14(20-10(3)17-13)15(19)18-7-11-5-16-6-12(11)8-18/h9,11-12,16H,4-8H2,1-3H3/t11-,12+. The molecule has 2 saturated heterocycles. The Bertz CT molecular complexity index is 499. The first-order valence-corrected chi connectivity index (χ1v) is 8.32. The number of carbonyl (C=O) groups is 1. The molecule has 1 N–H and O–H groups in total. The summed E-state index contributed by atoms with van der Waals surface area (Å²) >= 11 is 1.56. The highest BCUT2D eigenvalue weighted by Crippen LogP contribution is 2.30. The monoisotopic (exact) mass is 293 g/mol. The molecule has 4 nitrogen and oxygen atoms in total. The van der Waals surface area contributed by atoms with Crippen LogP contribution >= 0.6 is 11.3 Å². The van der Waals surface area contributed by atoms with Crippen LogP contribution in [0.2, 0.25) is 0 Å². The molecule has 0 aromatic carbocycles. The van der Waals surface area contributed by atoms with E-state index in [9.17, 15) is 4.79 Å². The lowest BCUT2D eigenvalue weighted by molar-refractivity contribution is 0.0785. The average Bonchev–Trinajstić information content (AvgIpc) is 3.01. The number of fused-ring (bicyclic) bond motifs is 1. The summed E-state index contributed by atoms with van der Waals surface area (Å²) in [6.45, 7) is 10.3. The Morgan fingerprint density at radius 1 is 1.40 bits per heavy atom. The number of thiazole rings is 1. The third-order valence-electron chi connectivity index (χ3n) is 4.28. The molecule has 2 fully saturated rings. The van der Waals surface area contributed by atoms with Crippen molar-refractivity contribution < 1.29 is 4.79 Å². The Morgan fingerprint density at radius 3 is 2.65 bits per heavy atom. The van der Waals surface area contributed by atoms with Gasteiger partial charge in [-0.3, -0.25) is 4.79 Å². The van der Waals surface area contributed by atoms with Crippen molar-refractivity contribution in [2.24, 2.45) is 17.8 Å². The van der Waals surface area contributed by atoms with Gasteiger partial charge < -0.3 is 10.2 Å². The highest BCUT2D eigenvalue weighted by molar-refractivity contribution is 7.13. The zero-order valence-corrected chi connectivity index (χ0v) is 13.3. The van der Waals surface area contributed by atoms with E-state index in [1.54, 1.807) is 11.3 Å². The van der Waals surface area contributed by atoms with Gasteiger partial charge in [-0.05, 0) is 31.1 Å². The topological polar surface area (TPSA) is 45.2 Å². The van der Waals surface area contributed by atoms with Crippen molar-refractivity contribution in [2.75, 3.05) is 26.2 Å². The van der Waals surface area contributed by atoms with Crippen LogP contribution in [0, 0.1) is 24.7 Å². The van der Waals surface area contributed by atoms with E-state index in [4.69, 9.17) is 0 Å². The van der Waals surface area contributed by atoms with Gasteiger partial charge in [-0.25, -0.2) is 4.98 Å². The number of hydrogen-bond donors (Lipinski definition) is 1. The normalized spacial score (nSPS) is 25.5. The van der Waals surface area contributed by atoms with Gasteiger partial charge in [0.15, 0.2) is 0 Å². The molecule has 0 aliphatic carbocycles. The fraction of sp³-hybridized carbons (Fsp3) is 0.733. The van der Waals surface area contributed by atoms with Crippen LogP contribution in [0.4, 0.5) is 0 Å². The number of rotatable bonds is 3. The van der Waals surface area contributed by atoms with Crippen molar-refractivity contribution >= 4 is 17.2 Å². The number of aryl methyl sites for hydroxylation is 1. The van der Waals surface area contributed by atoms with E-state index in [2.05, 4.69) is 24.1 Å². The SMILES string of the molecule is Cc1nc(CC(C)C)c(C(=O)N2C[C@H]3CNC[C@H]3C2)s1. The lowest BCUT2D eigenvalue weighted by atomic mass is 10.0. The highest BCUT2D eigenvalue weighted by Gasteiger charge is 2.39. The minimum atomic E-state index is 0.209. The Hall–Kier alpha value is -0.940. The summed E-state index contributed by atoms with van der Waals surface area (Å²) in [4.78, 5) is 20.3. The van der Waals surface area contributed by atoms with Crippen molar-refractivity contribution in [2.45, 2.75) is 27.2 Å². The summed E-state index contributed by atoms with van der Waals surface area (Å²) in [6.07, 6.45) is 0.896. The molecule has 0 spiro atoms. The maximum atomic E-state index is 12.8. The van der Waals surface area contributed by atoms with Gasteiger partial charge in [0.25, 0.3) is 5.91 Å². The second kappa shape index (κ2) is 5.45. The van der Waals surface area contributed by atoms with Crippen molar-refractivity contribution in [1.29, 1.82) is 0 Å². The van der Waals surface area contributed by atoms with E-state index in [1.165, 1.54) is 0 Å². The molecule has 5 heteroatoms. The van der Waals surface area contributed by atoms with Crippen LogP contribution in [0.15, 0.2) is 0 Å². The van der Waals surface area contributed by atoms with Gasteiger partial charge in [0.05, 0.1) is 10.7 Å². The number of aromatic nitrogens is 1. The fourth-order valence-electron chi connectivity index (χ4n) is 3.33. The van der Waals surface area contributed by atoms with Gasteiger partial charge in [0, 0.05) is 26.2 Å². The number of nitrogens with zero attached hydrogens (tertiary/aromatic N) is 2. The molecule has 0 saturated carbocycles. The Kier molecular flexibility index (Phi) is 3.82. The number of nitrogens with one attached hydrogen (secondary N) is 1. The molecule has 2 atom stereocenters. The predicted octanol–water partition coefficient (Wildman–Crippen LogP) is 1.94. The van der Waals surface area contributed by atoms with Crippen LogP contribution in [0.3, 0.4) is 0 Å². The number of hydrogen-bond acceptors (Lipinski definition) is 4. The minimum Gasteiger partial charge on any atom is -0.337 e. The van der Waals surface area contributed by atoms with E-state index >= 15 is 0 Å². The first-order chi connectivity index (χ1) is 9.54. The molecule has 110 valence electrons. The maximum Gasteiger partial charge on any atom is 0.265 e. The van der Waals surface area contributed by atoms with Gasteiger partial charge in [-0.15, -0.1) is 11.3 Å². The van der Waals surface area contributed by atoms with Gasteiger partial charge >= 0.3 is 0 Å². The van der Waals surface area contributed by atoms with Crippen molar-refractivity contribution in [1.82, 2.24) is 15.2 Å². The van der Waals surface area contributed by atoms with Gasteiger partial charge in [-0.2, -0.15) is 0 Å². The van der Waals surface area contributed by atoms with Gasteiger partial charge in [0.1, 0.15) is 4.88 Å². The molecule has 0 bridgehead atoms. The van der Waals surface area contributed by atoms with E-state index in [0.717, 1.165) is 48.2 Å². The summed E-state index contributed by atoms with van der Waals surface area (Å²) in [5.74, 6) is 2.05. The summed E-state index contributed by atoms with van der Waals surface area (Å²) in [5, 5.41) is 4.42. The second-order valence-electron chi connectivity index (χ2n) is 6.50. The summed E-state index contributed by atoms with van der Waals surface area (Å²) in [5.41, 5.74) is 1.00. The third-order valence-corrected chi connectivity index (χ3v) is 5.28. The largest absolute Gasteiger partial charge is 0.337 e. The molecule has 0 unspecified atom stereocenters. The second-order valence-corrected chi connectivity index (χ2v) is 7.70. The molecule has 1 amide bonds. The molecule has 3 heterocycles. The molecule has 20 heavy (non-hydrogen) atoms. The van der Waals surface area contributed by atoms with E-state index in [0.29, 0.717) is 17.8 Å². The predicted molar refractivity (Wildman–Crippen MR) is 81.1 cm³/mol. The third kappa shape index (κ3) is 2.61. The quantitative estimate of drug-likeness (QED) is 0.926. The Labute approximate surface area is 124 Å². The number of amides is 1. The zero-order valence-electron chi connectivity index (χ0n) is 12.5. The summed E-state index contributed by atoms with van der Waals surface area (Å²) in [7, 11) is 0. The van der Waals surface area contributed by atoms with Gasteiger partial charge in [0.2, 0.25) is 0 Å². The Balaban J connectivity index is 1.77. The van der Waals surface area contributed by atoms with Crippen LogP contribution in [0.25, 0.3) is 0 Å². The lowest BCUT2D eigenvalue weighted by Crippen LogP contribution is -2.32. The molecule has 1 aromatic heterocycles. The zero-order chi connectivity index (χ0) is 14.3. The van der Waals surface area contributed by atoms with E-state index in [1.807, 2.05) is 11.8 Å². The molecule has 2 aliphatic rings. The van der Waals surface area contributed by atoms with E-state index < -0.39 is 0 Å². The van der Waals surface area contributed by atoms with Crippen molar-refractivity contribution in [3.63, 3.8) is 0 Å². The molecule has 2 aliphatic heterocycles. The van der Waals surface area contributed by atoms with Crippen LogP contribution in [0.1, 0.15) is 34.2 Å². The first-order valence-electron chi connectivity index (χ1n) is 7.51. The highest BCUT2D eigenvalue weighted by atomic mass is 32.1. The molecule has 1 aromatic rings. The minimum absolute atomic E-state index is 0.209. The maximum absolute atomic E-state index is 12.8. The summed E-state index contributed by atoms with van der Waals surface area (Å²) < 4.78 is 0. The molecule has 0 radical (unpaired) electrons. The van der Waals surface area contributed by atoms with Crippen LogP contribution in [-0.4, -0.2) is 42.0 Å². The van der Waals surface area contributed by atoms with Crippen LogP contribution in [0.5, 0.6) is 0 Å². The number of carbonyl (C=O) groups excluding carboxylic acids is 1. The molecular formula is C15H23N3OS. The van der Waals surface area contributed by atoms with Crippen LogP contribution < -0.4 is 5.32 Å².